The maximum atomic E-state index is 12.3. The number of alkyl halides is 3. The first-order valence-electron chi connectivity index (χ1n) is 7.21. The number of rotatable bonds is 8. The summed E-state index contributed by atoms with van der Waals surface area (Å²) >= 11 is 0. The quantitative estimate of drug-likeness (QED) is 0.736. The van der Waals surface area contributed by atoms with Crippen molar-refractivity contribution in [1.29, 1.82) is 0 Å². The Bertz CT molecular complexity index is 274. The standard InChI is InChI=1S/C14H27F3N2/c1-11(2)9-19(12-5-6-12)13(3,10-18)7-4-8-14(15,16)17/h11-12H,4-10,18H2,1-3H3. The van der Waals surface area contributed by atoms with E-state index in [1.54, 1.807) is 0 Å². The van der Waals surface area contributed by atoms with Gasteiger partial charge in [0.15, 0.2) is 0 Å². The zero-order chi connectivity index (χ0) is 14.7. The molecule has 1 atom stereocenters. The van der Waals surface area contributed by atoms with Crippen LogP contribution in [0.15, 0.2) is 0 Å². The number of halogens is 3. The van der Waals surface area contributed by atoms with Gasteiger partial charge in [0.1, 0.15) is 0 Å². The normalized spacial score (nSPS) is 20.1. The van der Waals surface area contributed by atoms with Crippen LogP contribution >= 0.6 is 0 Å². The van der Waals surface area contributed by atoms with Crippen LogP contribution in [0.3, 0.4) is 0 Å². The average molecular weight is 280 g/mol. The summed E-state index contributed by atoms with van der Waals surface area (Å²) in [6.45, 7) is 7.65. The zero-order valence-electron chi connectivity index (χ0n) is 12.3. The Morgan fingerprint density at radius 1 is 1.21 bits per heavy atom. The van der Waals surface area contributed by atoms with E-state index in [4.69, 9.17) is 5.73 Å². The highest BCUT2D eigenvalue weighted by Gasteiger charge is 2.40. The lowest BCUT2D eigenvalue weighted by molar-refractivity contribution is -0.137. The van der Waals surface area contributed by atoms with Gasteiger partial charge in [-0.15, -0.1) is 0 Å². The second kappa shape index (κ2) is 6.44. The Kier molecular flexibility index (Phi) is 5.68. The second-order valence-corrected chi connectivity index (χ2v) is 6.45. The van der Waals surface area contributed by atoms with Crippen molar-refractivity contribution in [2.75, 3.05) is 13.1 Å². The largest absolute Gasteiger partial charge is 0.389 e. The van der Waals surface area contributed by atoms with Gasteiger partial charge in [-0.05, 0) is 38.5 Å². The van der Waals surface area contributed by atoms with E-state index in [1.165, 1.54) is 0 Å². The summed E-state index contributed by atoms with van der Waals surface area (Å²) in [7, 11) is 0. The first kappa shape index (κ1) is 16.8. The summed E-state index contributed by atoms with van der Waals surface area (Å²) in [5, 5.41) is 0. The van der Waals surface area contributed by atoms with Gasteiger partial charge in [-0.2, -0.15) is 13.2 Å². The number of hydrogen-bond acceptors (Lipinski definition) is 2. The molecule has 0 aromatic heterocycles. The van der Waals surface area contributed by atoms with Crippen molar-refractivity contribution in [2.24, 2.45) is 11.7 Å². The van der Waals surface area contributed by atoms with Gasteiger partial charge in [-0.3, -0.25) is 4.90 Å². The molecule has 1 rings (SSSR count). The van der Waals surface area contributed by atoms with Gasteiger partial charge in [0.05, 0.1) is 0 Å². The van der Waals surface area contributed by atoms with E-state index in [-0.39, 0.29) is 12.0 Å². The summed E-state index contributed by atoms with van der Waals surface area (Å²) in [6.07, 6.45) is -1.77. The fraction of sp³-hybridized carbons (Fsp3) is 1.00. The zero-order valence-corrected chi connectivity index (χ0v) is 12.3. The fourth-order valence-electron chi connectivity index (χ4n) is 2.62. The highest BCUT2D eigenvalue weighted by molar-refractivity contribution is 4.97. The van der Waals surface area contributed by atoms with Crippen LogP contribution < -0.4 is 5.73 Å². The molecule has 0 radical (unpaired) electrons. The average Bonchev–Trinajstić information content (AvgIpc) is 3.07. The van der Waals surface area contributed by atoms with E-state index in [9.17, 15) is 13.2 Å². The van der Waals surface area contributed by atoms with Crippen molar-refractivity contribution in [3.8, 4) is 0 Å². The number of nitrogens with zero attached hydrogens (tertiary/aromatic N) is 1. The molecule has 2 nitrogen and oxygen atoms in total. The lowest BCUT2D eigenvalue weighted by atomic mass is 9.91. The molecule has 0 saturated heterocycles. The van der Waals surface area contributed by atoms with E-state index in [1.807, 2.05) is 6.92 Å². The highest BCUT2D eigenvalue weighted by Crippen LogP contribution is 2.36. The third-order valence-electron chi connectivity index (χ3n) is 3.86. The predicted molar refractivity (Wildman–Crippen MR) is 71.9 cm³/mol. The smallest absolute Gasteiger partial charge is 0.329 e. The van der Waals surface area contributed by atoms with Crippen molar-refractivity contribution in [3.63, 3.8) is 0 Å². The molecule has 1 unspecified atom stereocenters. The summed E-state index contributed by atoms with van der Waals surface area (Å²) in [4.78, 5) is 2.36. The molecule has 114 valence electrons. The van der Waals surface area contributed by atoms with E-state index in [2.05, 4.69) is 18.7 Å². The van der Waals surface area contributed by atoms with Crippen LogP contribution in [0.2, 0.25) is 0 Å². The summed E-state index contributed by atoms with van der Waals surface area (Å²) in [5.74, 6) is 0.508. The van der Waals surface area contributed by atoms with Gasteiger partial charge in [0.25, 0.3) is 0 Å². The summed E-state index contributed by atoms with van der Waals surface area (Å²) < 4.78 is 36.8. The maximum Gasteiger partial charge on any atom is 0.389 e. The molecule has 2 N–H and O–H groups in total. The van der Waals surface area contributed by atoms with Crippen LogP contribution in [0.5, 0.6) is 0 Å². The molecule has 0 aromatic carbocycles. The van der Waals surface area contributed by atoms with Gasteiger partial charge in [-0.25, -0.2) is 0 Å². The van der Waals surface area contributed by atoms with Crippen molar-refractivity contribution in [2.45, 2.75) is 70.6 Å². The van der Waals surface area contributed by atoms with Crippen LogP contribution in [0.4, 0.5) is 13.2 Å². The predicted octanol–water partition coefficient (Wildman–Crippen LogP) is 3.56. The first-order chi connectivity index (χ1) is 8.68. The Labute approximate surface area is 114 Å². The van der Waals surface area contributed by atoms with Gasteiger partial charge in [0.2, 0.25) is 0 Å². The molecule has 0 heterocycles. The molecule has 0 aliphatic heterocycles. The van der Waals surface area contributed by atoms with Gasteiger partial charge < -0.3 is 5.73 Å². The lowest BCUT2D eigenvalue weighted by Crippen LogP contribution is -2.54. The third kappa shape index (κ3) is 5.69. The second-order valence-electron chi connectivity index (χ2n) is 6.45. The van der Waals surface area contributed by atoms with E-state index >= 15 is 0 Å². The number of hydrogen-bond donors (Lipinski definition) is 1. The maximum absolute atomic E-state index is 12.3. The topological polar surface area (TPSA) is 29.3 Å². The Morgan fingerprint density at radius 3 is 2.16 bits per heavy atom. The molecule has 1 fully saturated rings. The van der Waals surface area contributed by atoms with Crippen LogP contribution in [0.1, 0.15) is 52.9 Å². The van der Waals surface area contributed by atoms with Crippen LogP contribution in [-0.4, -0.2) is 35.7 Å². The molecular weight excluding hydrogens is 253 g/mol. The fourth-order valence-corrected chi connectivity index (χ4v) is 2.62. The third-order valence-corrected chi connectivity index (χ3v) is 3.86. The van der Waals surface area contributed by atoms with Crippen LogP contribution in [0, 0.1) is 5.92 Å². The molecule has 19 heavy (non-hydrogen) atoms. The highest BCUT2D eigenvalue weighted by atomic mass is 19.4. The van der Waals surface area contributed by atoms with Gasteiger partial charge in [0, 0.05) is 31.1 Å². The van der Waals surface area contributed by atoms with Crippen molar-refractivity contribution >= 4 is 0 Å². The molecule has 5 heteroatoms. The van der Waals surface area contributed by atoms with Crippen LogP contribution in [0.25, 0.3) is 0 Å². The molecule has 0 aromatic rings. The molecule has 1 saturated carbocycles. The molecule has 0 bridgehead atoms. The first-order valence-corrected chi connectivity index (χ1v) is 7.21. The molecular formula is C14H27F3N2. The minimum absolute atomic E-state index is 0.165. The van der Waals surface area contributed by atoms with E-state index < -0.39 is 12.6 Å². The van der Waals surface area contributed by atoms with Gasteiger partial charge in [-0.1, -0.05) is 13.8 Å². The van der Waals surface area contributed by atoms with Crippen molar-refractivity contribution in [1.82, 2.24) is 4.90 Å². The Balaban J connectivity index is 2.59. The Hall–Kier alpha value is -0.290. The summed E-state index contributed by atoms with van der Waals surface area (Å²) in [5.41, 5.74) is 5.58. The van der Waals surface area contributed by atoms with Crippen molar-refractivity contribution < 1.29 is 13.2 Å². The molecule has 0 amide bonds. The monoisotopic (exact) mass is 280 g/mol. The Morgan fingerprint density at radius 2 is 1.79 bits per heavy atom. The number of nitrogens with two attached hydrogens (primary N) is 1. The van der Waals surface area contributed by atoms with Gasteiger partial charge >= 0.3 is 6.18 Å². The van der Waals surface area contributed by atoms with Crippen molar-refractivity contribution in [3.05, 3.63) is 0 Å². The van der Waals surface area contributed by atoms with E-state index in [0.717, 1.165) is 19.4 Å². The molecule has 1 aliphatic carbocycles. The molecule has 1 aliphatic rings. The minimum atomic E-state index is -4.06. The van der Waals surface area contributed by atoms with E-state index in [0.29, 0.717) is 24.9 Å². The lowest BCUT2D eigenvalue weighted by Gasteiger charge is -2.42. The molecule has 0 spiro atoms. The minimum Gasteiger partial charge on any atom is -0.329 e. The van der Waals surface area contributed by atoms with Crippen LogP contribution in [-0.2, 0) is 0 Å². The summed E-state index contributed by atoms with van der Waals surface area (Å²) in [6, 6.07) is 0.529. The SMILES string of the molecule is CC(C)CN(C1CC1)C(C)(CN)CCCC(F)(F)F.